The lowest BCUT2D eigenvalue weighted by atomic mass is 10.1. The summed E-state index contributed by atoms with van der Waals surface area (Å²) in [6.07, 6.45) is -3.24. The highest BCUT2D eigenvalue weighted by atomic mass is 79.9. The first-order chi connectivity index (χ1) is 16.7. The van der Waals surface area contributed by atoms with Crippen molar-refractivity contribution in [1.82, 2.24) is 0 Å². The molecule has 0 aliphatic rings. The van der Waals surface area contributed by atoms with E-state index in [4.69, 9.17) is 9.47 Å². The quantitative estimate of drug-likeness (QED) is 0.245. The van der Waals surface area contributed by atoms with Gasteiger partial charge in [0.05, 0.1) is 12.2 Å². The lowest BCUT2D eigenvalue weighted by Gasteiger charge is -2.14. The number of rotatable bonds is 8. The van der Waals surface area contributed by atoms with Crippen molar-refractivity contribution in [3.8, 4) is 17.6 Å². The summed E-state index contributed by atoms with van der Waals surface area (Å²) in [6.45, 7) is 2.47. The van der Waals surface area contributed by atoms with Gasteiger partial charge in [0.1, 0.15) is 18.2 Å². The molecule has 0 aliphatic heterocycles. The normalized spacial score (nSPS) is 11.5. The molecule has 1 N–H and O–H groups in total. The van der Waals surface area contributed by atoms with E-state index >= 15 is 0 Å². The Bertz CT molecular complexity index is 1270. The van der Waals surface area contributed by atoms with Crippen molar-refractivity contribution < 1.29 is 27.4 Å². The number of alkyl halides is 3. The Hall–Kier alpha value is -3.77. The smallest absolute Gasteiger partial charge is 0.416 e. The van der Waals surface area contributed by atoms with Gasteiger partial charge in [-0.05, 0) is 54.5 Å². The largest absolute Gasteiger partial charge is 0.490 e. The number of anilines is 1. The maximum Gasteiger partial charge on any atom is 0.416 e. The SMILES string of the molecule is CCOc1cc(/C=C(\C#N)C(=O)Nc2cccc(C(F)(F)F)c2)c(Br)cc1OCc1ccccc1. The van der Waals surface area contributed by atoms with Crippen molar-refractivity contribution in [3.05, 3.63) is 93.5 Å². The topological polar surface area (TPSA) is 71.3 Å². The van der Waals surface area contributed by atoms with Crippen LogP contribution in [0.25, 0.3) is 6.08 Å². The van der Waals surface area contributed by atoms with E-state index in [1.54, 1.807) is 18.2 Å². The molecular formula is C26H20BrF3N2O3. The van der Waals surface area contributed by atoms with Crippen molar-refractivity contribution in [2.45, 2.75) is 19.7 Å². The van der Waals surface area contributed by atoms with Crippen molar-refractivity contribution in [1.29, 1.82) is 5.26 Å². The van der Waals surface area contributed by atoms with E-state index in [0.29, 0.717) is 34.7 Å². The highest BCUT2D eigenvalue weighted by molar-refractivity contribution is 9.10. The Labute approximate surface area is 208 Å². The molecule has 0 radical (unpaired) electrons. The molecule has 0 bridgehead atoms. The van der Waals surface area contributed by atoms with Gasteiger partial charge in [-0.15, -0.1) is 0 Å². The summed E-state index contributed by atoms with van der Waals surface area (Å²) in [4.78, 5) is 12.6. The second kappa shape index (κ2) is 11.6. The van der Waals surface area contributed by atoms with E-state index in [1.165, 1.54) is 18.2 Å². The number of carbonyl (C=O) groups excluding carboxylic acids is 1. The summed E-state index contributed by atoms with van der Waals surface area (Å²) in [5, 5.41) is 11.9. The summed E-state index contributed by atoms with van der Waals surface area (Å²) in [7, 11) is 0. The van der Waals surface area contributed by atoms with Crippen LogP contribution in [0, 0.1) is 11.3 Å². The predicted molar refractivity (Wildman–Crippen MR) is 130 cm³/mol. The molecule has 35 heavy (non-hydrogen) atoms. The van der Waals surface area contributed by atoms with Crippen LogP contribution in [0.2, 0.25) is 0 Å². The molecule has 0 spiro atoms. The molecule has 1 amide bonds. The van der Waals surface area contributed by atoms with Gasteiger partial charge >= 0.3 is 6.18 Å². The van der Waals surface area contributed by atoms with E-state index in [1.807, 2.05) is 37.3 Å². The van der Waals surface area contributed by atoms with E-state index in [2.05, 4.69) is 21.2 Å². The van der Waals surface area contributed by atoms with Crippen molar-refractivity contribution in [2.24, 2.45) is 0 Å². The molecule has 180 valence electrons. The Morgan fingerprint density at radius 1 is 1.06 bits per heavy atom. The highest BCUT2D eigenvalue weighted by Gasteiger charge is 2.30. The van der Waals surface area contributed by atoms with Crippen molar-refractivity contribution in [2.75, 3.05) is 11.9 Å². The lowest BCUT2D eigenvalue weighted by Crippen LogP contribution is -2.14. The Morgan fingerprint density at radius 3 is 2.43 bits per heavy atom. The van der Waals surface area contributed by atoms with Crippen LogP contribution in [0.1, 0.15) is 23.6 Å². The van der Waals surface area contributed by atoms with Crippen LogP contribution in [0.15, 0.2) is 76.8 Å². The minimum atomic E-state index is -4.56. The Kier molecular flexibility index (Phi) is 8.55. The number of hydrogen-bond acceptors (Lipinski definition) is 4. The van der Waals surface area contributed by atoms with Gasteiger partial charge in [0.15, 0.2) is 11.5 Å². The summed E-state index contributed by atoms with van der Waals surface area (Å²) < 4.78 is 50.9. The highest BCUT2D eigenvalue weighted by Crippen LogP contribution is 2.36. The second-order valence-corrected chi connectivity index (χ2v) is 8.08. The molecule has 3 rings (SSSR count). The standard InChI is InChI=1S/C26H20BrF3N2O3/c1-2-34-23-12-18(22(27)14-24(23)35-16-17-7-4-3-5-8-17)11-19(15-31)25(33)32-21-10-6-9-20(13-21)26(28,29)30/h3-14H,2,16H2,1H3,(H,32,33)/b19-11+. The number of ether oxygens (including phenoxy) is 2. The zero-order valence-corrected chi connectivity index (χ0v) is 20.1. The third-order valence-corrected chi connectivity index (χ3v) is 5.40. The molecule has 0 atom stereocenters. The van der Waals surface area contributed by atoms with E-state index in [0.717, 1.165) is 17.7 Å². The van der Waals surface area contributed by atoms with Crippen LogP contribution in [-0.4, -0.2) is 12.5 Å². The van der Waals surface area contributed by atoms with E-state index in [9.17, 15) is 23.2 Å². The van der Waals surface area contributed by atoms with Gasteiger partial charge in [0.25, 0.3) is 5.91 Å². The van der Waals surface area contributed by atoms with Crippen LogP contribution < -0.4 is 14.8 Å². The Balaban J connectivity index is 1.84. The molecule has 0 aromatic heterocycles. The predicted octanol–water partition coefficient (Wildman–Crippen LogP) is 6.99. The van der Waals surface area contributed by atoms with Crippen LogP contribution in [0.4, 0.5) is 18.9 Å². The van der Waals surface area contributed by atoms with Gasteiger partial charge in [-0.25, -0.2) is 0 Å². The first-order valence-electron chi connectivity index (χ1n) is 10.4. The van der Waals surface area contributed by atoms with E-state index in [-0.39, 0.29) is 11.3 Å². The number of benzene rings is 3. The summed E-state index contributed by atoms with van der Waals surface area (Å²) in [6, 6.07) is 18.8. The van der Waals surface area contributed by atoms with Crippen LogP contribution in [0.3, 0.4) is 0 Å². The average Bonchev–Trinajstić information content (AvgIpc) is 2.83. The minimum Gasteiger partial charge on any atom is -0.490 e. The average molecular weight is 545 g/mol. The number of hydrogen-bond donors (Lipinski definition) is 1. The van der Waals surface area contributed by atoms with Gasteiger partial charge in [-0.1, -0.05) is 52.3 Å². The summed E-state index contributed by atoms with van der Waals surface area (Å²) in [5.74, 6) is 0.0289. The first kappa shape index (κ1) is 25.8. The fourth-order valence-electron chi connectivity index (χ4n) is 3.05. The van der Waals surface area contributed by atoms with E-state index < -0.39 is 17.6 Å². The fourth-order valence-corrected chi connectivity index (χ4v) is 3.49. The van der Waals surface area contributed by atoms with Gasteiger partial charge in [-0.3, -0.25) is 4.79 Å². The molecule has 0 unspecified atom stereocenters. The molecule has 9 heteroatoms. The zero-order chi connectivity index (χ0) is 25.4. The minimum absolute atomic E-state index is 0.0790. The summed E-state index contributed by atoms with van der Waals surface area (Å²) >= 11 is 3.42. The number of nitrogens with zero attached hydrogens (tertiary/aromatic N) is 1. The maximum atomic E-state index is 12.9. The number of nitriles is 1. The zero-order valence-electron chi connectivity index (χ0n) is 18.5. The first-order valence-corrected chi connectivity index (χ1v) is 11.2. The van der Waals surface area contributed by atoms with Crippen LogP contribution in [-0.2, 0) is 17.6 Å². The third kappa shape index (κ3) is 7.11. The number of halogens is 4. The molecule has 5 nitrogen and oxygen atoms in total. The molecule has 0 fully saturated rings. The second-order valence-electron chi connectivity index (χ2n) is 7.23. The molecule has 0 aliphatic carbocycles. The third-order valence-electron chi connectivity index (χ3n) is 4.71. The molecule has 0 heterocycles. The van der Waals surface area contributed by atoms with Gasteiger partial charge in [0, 0.05) is 10.2 Å². The van der Waals surface area contributed by atoms with Gasteiger partial charge in [0.2, 0.25) is 0 Å². The fraction of sp³-hybridized carbons (Fsp3) is 0.154. The van der Waals surface area contributed by atoms with Crippen LogP contribution >= 0.6 is 15.9 Å². The number of nitrogens with one attached hydrogen (secondary N) is 1. The number of carbonyl (C=O) groups is 1. The van der Waals surface area contributed by atoms with Crippen LogP contribution in [0.5, 0.6) is 11.5 Å². The van der Waals surface area contributed by atoms with Crippen molar-refractivity contribution in [3.63, 3.8) is 0 Å². The molecule has 3 aromatic carbocycles. The molecule has 3 aromatic rings. The monoisotopic (exact) mass is 544 g/mol. The molecule has 0 saturated heterocycles. The number of amides is 1. The Morgan fingerprint density at radius 2 is 1.77 bits per heavy atom. The molecular weight excluding hydrogens is 525 g/mol. The van der Waals surface area contributed by atoms with Gasteiger partial charge in [-0.2, -0.15) is 18.4 Å². The summed E-state index contributed by atoms with van der Waals surface area (Å²) in [5.41, 5.74) is 0.130. The lowest BCUT2D eigenvalue weighted by molar-refractivity contribution is -0.137. The molecule has 0 saturated carbocycles. The maximum absolute atomic E-state index is 12.9. The van der Waals surface area contributed by atoms with Gasteiger partial charge < -0.3 is 14.8 Å². The van der Waals surface area contributed by atoms with Crippen molar-refractivity contribution >= 4 is 33.6 Å².